The Hall–Kier alpha value is -3.54. The molecular formula is C25H26N2O4. The van der Waals surface area contributed by atoms with Gasteiger partial charge in [0.2, 0.25) is 5.91 Å². The minimum Gasteiger partial charge on any atom is -0.497 e. The van der Waals surface area contributed by atoms with Crippen molar-refractivity contribution in [3.8, 4) is 5.75 Å². The van der Waals surface area contributed by atoms with Crippen molar-refractivity contribution in [1.29, 1.82) is 0 Å². The lowest BCUT2D eigenvalue weighted by Gasteiger charge is -2.32. The van der Waals surface area contributed by atoms with Crippen LogP contribution in [0.2, 0.25) is 0 Å². The van der Waals surface area contributed by atoms with Crippen molar-refractivity contribution in [1.82, 2.24) is 10.2 Å². The van der Waals surface area contributed by atoms with Gasteiger partial charge in [-0.15, -0.1) is 0 Å². The van der Waals surface area contributed by atoms with Crippen LogP contribution in [0.25, 0.3) is 0 Å². The standard InChI is InChI=1S/C25H26N2O4/c1-30-21-13-11-19(12-14-21)23(18-7-3-2-4-8-18)26-24(28)20-9-5-15-27(17-20)25(29)22-10-6-16-31-22/h2-4,6-8,10-14,16,20,23H,5,9,15,17H2,1H3,(H,26,28)/t20-,23-/m1/s1. The number of hydrogen-bond acceptors (Lipinski definition) is 4. The molecule has 1 aromatic heterocycles. The topological polar surface area (TPSA) is 71.8 Å². The van der Waals surface area contributed by atoms with Crippen LogP contribution in [0.15, 0.2) is 77.4 Å². The predicted octanol–water partition coefficient (Wildman–Crippen LogP) is 4.05. The highest BCUT2D eigenvalue weighted by Crippen LogP contribution is 2.26. The number of amides is 2. The summed E-state index contributed by atoms with van der Waals surface area (Å²) >= 11 is 0. The number of carbonyl (C=O) groups is 2. The van der Waals surface area contributed by atoms with Crippen molar-refractivity contribution in [3.63, 3.8) is 0 Å². The number of methoxy groups -OCH3 is 1. The van der Waals surface area contributed by atoms with Gasteiger partial charge in [-0.05, 0) is 48.2 Å². The molecule has 0 radical (unpaired) electrons. The summed E-state index contributed by atoms with van der Waals surface area (Å²) in [5.74, 6) is 0.582. The third-order valence-corrected chi connectivity index (χ3v) is 5.68. The summed E-state index contributed by atoms with van der Waals surface area (Å²) in [4.78, 5) is 27.6. The second-order valence-electron chi connectivity index (χ2n) is 7.69. The molecule has 0 bridgehead atoms. The number of ether oxygens (including phenoxy) is 1. The molecule has 6 nitrogen and oxygen atoms in total. The smallest absolute Gasteiger partial charge is 0.289 e. The molecule has 0 unspecified atom stereocenters. The number of hydrogen-bond donors (Lipinski definition) is 1. The molecule has 4 rings (SSSR count). The molecule has 1 fully saturated rings. The van der Waals surface area contributed by atoms with E-state index in [1.807, 2.05) is 54.6 Å². The SMILES string of the molecule is COc1ccc([C@H](NC(=O)[C@@H]2CCCN(C(=O)c3ccco3)C2)c2ccccc2)cc1. The maximum absolute atomic E-state index is 13.2. The summed E-state index contributed by atoms with van der Waals surface area (Å²) < 4.78 is 10.5. The Labute approximate surface area is 181 Å². The van der Waals surface area contributed by atoms with Crippen LogP contribution in [0.3, 0.4) is 0 Å². The van der Waals surface area contributed by atoms with Gasteiger partial charge in [-0.3, -0.25) is 9.59 Å². The summed E-state index contributed by atoms with van der Waals surface area (Å²) in [7, 11) is 1.63. The first-order valence-electron chi connectivity index (χ1n) is 10.5. The largest absolute Gasteiger partial charge is 0.497 e. The molecule has 2 heterocycles. The lowest BCUT2D eigenvalue weighted by molar-refractivity contribution is -0.126. The Bertz CT molecular complexity index is 1000. The average molecular weight is 418 g/mol. The molecule has 0 aliphatic carbocycles. The van der Waals surface area contributed by atoms with Crippen molar-refractivity contribution < 1.29 is 18.7 Å². The van der Waals surface area contributed by atoms with Gasteiger partial charge in [0.25, 0.3) is 5.91 Å². The zero-order valence-electron chi connectivity index (χ0n) is 17.5. The zero-order chi connectivity index (χ0) is 21.6. The number of benzene rings is 2. The van der Waals surface area contributed by atoms with E-state index < -0.39 is 0 Å². The molecule has 2 atom stereocenters. The lowest BCUT2D eigenvalue weighted by atomic mass is 9.94. The van der Waals surface area contributed by atoms with Crippen LogP contribution in [0, 0.1) is 5.92 Å². The van der Waals surface area contributed by atoms with E-state index in [2.05, 4.69) is 5.32 Å². The molecule has 1 aliphatic heterocycles. The average Bonchev–Trinajstić information content (AvgIpc) is 3.38. The highest BCUT2D eigenvalue weighted by molar-refractivity contribution is 5.92. The number of carbonyl (C=O) groups excluding carboxylic acids is 2. The van der Waals surface area contributed by atoms with E-state index in [1.165, 1.54) is 6.26 Å². The molecule has 1 N–H and O–H groups in total. The first kappa shape index (κ1) is 20.7. The minimum atomic E-state index is -0.282. The molecule has 160 valence electrons. The second-order valence-corrected chi connectivity index (χ2v) is 7.69. The second kappa shape index (κ2) is 9.51. The highest BCUT2D eigenvalue weighted by Gasteiger charge is 2.31. The molecule has 31 heavy (non-hydrogen) atoms. The van der Waals surface area contributed by atoms with Gasteiger partial charge in [0, 0.05) is 13.1 Å². The van der Waals surface area contributed by atoms with Gasteiger partial charge < -0.3 is 19.4 Å². The van der Waals surface area contributed by atoms with Crippen molar-refractivity contribution in [2.24, 2.45) is 5.92 Å². The Morgan fingerprint density at radius 1 is 1.03 bits per heavy atom. The predicted molar refractivity (Wildman–Crippen MR) is 117 cm³/mol. The van der Waals surface area contributed by atoms with Crippen LogP contribution < -0.4 is 10.1 Å². The third kappa shape index (κ3) is 4.79. The number of rotatable bonds is 6. The number of nitrogens with one attached hydrogen (secondary N) is 1. The van der Waals surface area contributed by atoms with E-state index in [0.29, 0.717) is 18.8 Å². The third-order valence-electron chi connectivity index (χ3n) is 5.68. The number of likely N-dealkylation sites (tertiary alicyclic amines) is 1. The lowest BCUT2D eigenvalue weighted by Crippen LogP contribution is -2.46. The monoisotopic (exact) mass is 418 g/mol. The molecule has 0 spiro atoms. The minimum absolute atomic E-state index is 0.0541. The Morgan fingerprint density at radius 2 is 1.77 bits per heavy atom. The molecule has 2 amide bonds. The Kier molecular flexibility index (Phi) is 6.36. The Balaban J connectivity index is 1.51. The molecule has 2 aromatic carbocycles. The normalized spacial score (nSPS) is 17.1. The first-order valence-corrected chi connectivity index (χ1v) is 10.5. The van der Waals surface area contributed by atoms with E-state index in [9.17, 15) is 9.59 Å². The van der Waals surface area contributed by atoms with E-state index in [4.69, 9.17) is 9.15 Å². The zero-order valence-corrected chi connectivity index (χ0v) is 17.5. The van der Waals surface area contributed by atoms with Crippen molar-refractivity contribution in [2.75, 3.05) is 20.2 Å². The summed E-state index contributed by atoms with van der Waals surface area (Å²) in [6.45, 7) is 1.01. The summed E-state index contributed by atoms with van der Waals surface area (Å²) in [6.07, 6.45) is 3.02. The van der Waals surface area contributed by atoms with E-state index in [1.54, 1.807) is 24.1 Å². The van der Waals surface area contributed by atoms with E-state index >= 15 is 0 Å². The van der Waals surface area contributed by atoms with Gasteiger partial charge in [0.1, 0.15) is 5.75 Å². The number of nitrogens with zero attached hydrogens (tertiary/aromatic N) is 1. The first-order chi connectivity index (χ1) is 15.2. The maximum atomic E-state index is 13.2. The van der Waals surface area contributed by atoms with Crippen molar-refractivity contribution in [2.45, 2.75) is 18.9 Å². The summed E-state index contributed by atoms with van der Waals surface area (Å²) in [5.41, 5.74) is 1.97. The van der Waals surface area contributed by atoms with E-state index in [0.717, 1.165) is 29.7 Å². The Morgan fingerprint density at radius 3 is 2.45 bits per heavy atom. The van der Waals surface area contributed by atoms with Gasteiger partial charge in [-0.2, -0.15) is 0 Å². The van der Waals surface area contributed by atoms with E-state index in [-0.39, 0.29) is 23.8 Å². The van der Waals surface area contributed by atoms with Gasteiger partial charge in [-0.25, -0.2) is 0 Å². The molecule has 6 heteroatoms. The van der Waals surface area contributed by atoms with Crippen LogP contribution in [0.5, 0.6) is 5.75 Å². The maximum Gasteiger partial charge on any atom is 0.289 e. The summed E-state index contributed by atoms with van der Waals surface area (Å²) in [5, 5.41) is 3.21. The van der Waals surface area contributed by atoms with Gasteiger partial charge in [0.15, 0.2) is 5.76 Å². The fourth-order valence-electron chi connectivity index (χ4n) is 3.99. The van der Waals surface area contributed by atoms with Gasteiger partial charge in [-0.1, -0.05) is 42.5 Å². The molecule has 1 aliphatic rings. The molecule has 1 saturated heterocycles. The van der Waals surface area contributed by atoms with Crippen LogP contribution >= 0.6 is 0 Å². The van der Waals surface area contributed by atoms with Crippen LogP contribution in [0.4, 0.5) is 0 Å². The highest BCUT2D eigenvalue weighted by atomic mass is 16.5. The summed E-state index contributed by atoms with van der Waals surface area (Å²) in [6, 6.07) is 20.7. The van der Waals surface area contributed by atoms with Crippen molar-refractivity contribution >= 4 is 11.8 Å². The van der Waals surface area contributed by atoms with Crippen LogP contribution in [-0.2, 0) is 4.79 Å². The fraction of sp³-hybridized carbons (Fsp3) is 0.280. The molecule has 3 aromatic rings. The molecular weight excluding hydrogens is 392 g/mol. The number of piperidine rings is 1. The van der Waals surface area contributed by atoms with Crippen LogP contribution in [-0.4, -0.2) is 36.9 Å². The van der Waals surface area contributed by atoms with Gasteiger partial charge >= 0.3 is 0 Å². The number of furan rings is 1. The van der Waals surface area contributed by atoms with Crippen LogP contribution in [0.1, 0.15) is 40.6 Å². The van der Waals surface area contributed by atoms with Gasteiger partial charge in [0.05, 0.1) is 25.3 Å². The quantitative estimate of drug-likeness (QED) is 0.656. The van der Waals surface area contributed by atoms with Crippen molar-refractivity contribution in [3.05, 3.63) is 89.9 Å². The fourth-order valence-corrected chi connectivity index (χ4v) is 3.99. The molecule has 0 saturated carbocycles.